The number of nitrogens with zero attached hydrogens (tertiary/aromatic N) is 1. The van der Waals surface area contributed by atoms with Crippen LogP contribution in [0.25, 0.3) is 0 Å². The minimum absolute atomic E-state index is 0.194. The molecule has 0 bridgehead atoms. The summed E-state index contributed by atoms with van der Waals surface area (Å²) in [6, 6.07) is 4.62. The summed E-state index contributed by atoms with van der Waals surface area (Å²) < 4.78 is 4.94. The van der Waals surface area contributed by atoms with Crippen LogP contribution >= 0.6 is 23.2 Å². The minimum atomic E-state index is -0.508. The Morgan fingerprint density at radius 1 is 1.33 bits per heavy atom. The normalized spacial score (nSPS) is 18.5. The summed E-state index contributed by atoms with van der Waals surface area (Å²) in [6.07, 6.45) is 1.72. The number of halogens is 2. The van der Waals surface area contributed by atoms with Crippen LogP contribution in [0.5, 0.6) is 0 Å². The molecule has 0 radical (unpaired) electrons. The summed E-state index contributed by atoms with van der Waals surface area (Å²) in [6.45, 7) is 1.66. The molecule has 1 fully saturated rings. The zero-order chi connectivity index (χ0) is 15.4. The van der Waals surface area contributed by atoms with Crippen molar-refractivity contribution in [3.8, 4) is 0 Å². The molecular weight excluding hydrogens is 313 g/mol. The van der Waals surface area contributed by atoms with Gasteiger partial charge in [0, 0.05) is 16.7 Å². The van der Waals surface area contributed by atoms with Crippen LogP contribution in [0.2, 0.25) is 10.0 Å². The smallest absolute Gasteiger partial charge is 0.327 e. The van der Waals surface area contributed by atoms with Crippen molar-refractivity contribution < 1.29 is 14.6 Å². The molecule has 2 rings (SSSR count). The van der Waals surface area contributed by atoms with Crippen molar-refractivity contribution in [3.63, 3.8) is 0 Å². The lowest BCUT2D eigenvalue weighted by molar-refractivity contribution is -0.148. The third kappa shape index (κ3) is 4.10. The molecule has 1 aromatic carbocycles. The number of methoxy groups -OCH3 is 1. The van der Waals surface area contributed by atoms with Crippen LogP contribution in [-0.2, 0) is 9.53 Å². The van der Waals surface area contributed by atoms with Crippen molar-refractivity contribution in [3.05, 3.63) is 33.8 Å². The van der Waals surface area contributed by atoms with Gasteiger partial charge in [-0.05, 0) is 55.6 Å². The lowest BCUT2D eigenvalue weighted by atomic mass is 9.95. The van der Waals surface area contributed by atoms with E-state index in [1.807, 2.05) is 0 Å². The Labute approximate surface area is 134 Å². The maximum atomic E-state index is 12.2. The lowest BCUT2D eigenvalue weighted by Gasteiger charge is -2.35. The molecule has 21 heavy (non-hydrogen) atoms. The van der Waals surface area contributed by atoms with Gasteiger partial charge in [0.25, 0.3) is 0 Å². The molecular formula is C15H19Cl2NO3. The number of carbonyl (C=O) groups excluding carboxylic acids is 1. The molecule has 1 N–H and O–H groups in total. The van der Waals surface area contributed by atoms with Crippen molar-refractivity contribution >= 4 is 29.2 Å². The number of rotatable bonds is 4. The number of ether oxygens (including phenoxy) is 1. The zero-order valence-corrected chi connectivity index (χ0v) is 13.4. The molecule has 1 unspecified atom stereocenters. The van der Waals surface area contributed by atoms with Crippen molar-refractivity contribution in [2.45, 2.75) is 18.9 Å². The Balaban J connectivity index is 2.24. The maximum absolute atomic E-state index is 12.2. The van der Waals surface area contributed by atoms with Gasteiger partial charge in [0.15, 0.2) is 0 Å². The van der Waals surface area contributed by atoms with E-state index >= 15 is 0 Å². The molecule has 116 valence electrons. The van der Waals surface area contributed by atoms with Crippen LogP contribution in [0.15, 0.2) is 18.2 Å². The first-order valence-corrected chi connectivity index (χ1v) is 7.69. The molecule has 0 aliphatic carbocycles. The summed E-state index contributed by atoms with van der Waals surface area (Å²) in [5, 5.41) is 10.2. The van der Waals surface area contributed by atoms with Crippen LogP contribution in [-0.4, -0.2) is 42.8 Å². The molecule has 4 nitrogen and oxygen atoms in total. The van der Waals surface area contributed by atoms with Crippen LogP contribution in [0.1, 0.15) is 24.4 Å². The first-order valence-electron chi connectivity index (χ1n) is 6.94. The summed E-state index contributed by atoms with van der Waals surface area (Å²) in [5.41, 5.74) is 0.738. The lowest BCUT2D eigenvalue weighted by Crippen LogP contribution is -2.41. The number of hydrogen-bond donors (Lipinski definition) is 1. The van der Waals surface area contributed by atoms with Gasteiger partial charge >= 0.3 is 5.97 Å². The Kier molecular flexibility index (Phi) is 5.88. The van der Waals surface area contributed by atoms with Gasteiger partial charge < -0.3 is 9.84 Å². The van der Waals surface area contributed by atoms with E-state index in [-0.39, 0.29) is 12.6 Å². The highest BCUT2D eigenvalue weighted by molar-refractivity contribution is 6.34. The standard InChI is InChI=1S/C15H19Cl2NO3/c1-21-15(20)14(11-6-12(16)8-13(17)7-11)18-4-2-10(9-19)3-5-18/h6-8,10,14,19H,2-5,9H2,1H3. The van der Waals surface area contributed by atoms with Crippen LogP contribution in [0, 0.1) is 5.92 Å². The number of aliphatic hydroxyl groups is 1. The average Bonchev–Trinajstić information content (AvgIpc) is 2.47. The van der Waals surface area contributed by atoms with Crippen molar-refractivity contribution in [2.24, 2.45) is 5.92 Å². The third-order valence-corrected chi connectivity index (χ3v) is 4.33. The van der Waals surface area contributed by atoms with Gasteiger partial charge in [-0.2, -0.15) is 0 Å². The number of likely N-dealkylation sites (tertiary alicyclic amines) is 1. The van der Waals surface area contributed by atoms with Gasteiger partial charge in [-0.15, -0.1) is 0 Å². The van der Waals surface area contributed by atoms with E-state index in [4.69, 9.17) is 27.9 Å². The molecule has 1 heterocycles. The van der Waals surface area contributed by atoms with E-state index in [1.54, 1.807) is 18.2 Å². The van der Waals surface area contributed by atoms with Crippen molar-refractivity contribution in [1.82, 2.24) is 4.90 Å². The maximum Gasteiger partial charge on any atom is 0.327 e. The van der Waals surface area contributed by atoms with Gasteiger partial charge in [0.1, 0.15) is 6.04 Å². The monoisotopic (exact) mass is 331 g/mol. The van der Waals surface area contributed by atoms with Crippen LogP contribution in [0.3, 0.4) is 0 Å². The summed E-state index contributed by atoms with van der Waals surface area (Å²) in [7, 11) is 1.38. The number of hydrogen-bond acceptors (Lipinski definition) is 4. The number of benzene rings is 1. The highest BCUT2D eigenvalue weighted by atomic mass is 35.5. The average molecular weight is 332 g/mol. The van der Waals surface area contributed by atoms with Gasteiger partial charge in [-0.3, -0.25) is 4.90 Å². The fourth-order valence-electron chi connectivity index (χ4n) is 2.73. The van der Waals surface area contributed by atoms with Gasteiger partial charge in [0.2, 0.25) is 0 Å². The van der Waals surface area contributed by atoms with Crippen molar-refractivity contribution in [2.75, 3.05) is 26.8 Å². The Bertz CT molecular complexity index is 481. The predicted octanol–water partition coefficient (Wildman–Crippen LogP) is 2.91. The molecule has 0 saturated carbocycles. The minimum Gasteiger partial charge on any atom is -0.468 e. The van der Waals surface area contributed by atoms with E-state index < -0.39 is 6.04 Å². The van der Waals surface area contributed by atoms with Gasteiger partial charge in [-0.25, -0.2) is 4.79 Å². The van der Waals surface area contributed by atoms with E-state index in [0.29, 0.717) is 16.0 Å². The summed E-state index contributed by atoms with van der Waals surface area (Å²) in [5.74, 6) is -0.0155. The van der Waals surface area contributed by atoms with E-state index in [2.05, 4.69) is 4.90 Å². The molecule has 0 amide bonds. The number of carbonyl (C=O) groups is 1. The summed E-state index contributed by atoms with van der Waals surface area (Å²) >= 11 is 12.1. The SMILES string of the molecule is COC(=O)C(c1cc(Cl)cc(Cl)c1)N1CCC(CO)CC1. The zero-order valence-electron chi connectivity index (χ0n) is 11.9. The van der Waals surface area contributed by atoms with Crippen molar-refractivity contribution in [1.29, 1.82) is 0 Å². The number of esters is 1. The highest BCUT2D eigenvalue weighted by Crippen LogP contribution is 2.31. The first kappa shape index (κ1) is 16.6. The second-order valence-corrected chi connectivity index (χ2v) is 6.16. The molecule has 0 aromatic heterocycles. The highest BCUT2D eigenvalue weighted by Gasteiger charge is 2.32. The Hall–Kier alpha value is -0.810. The van der Waals surface area contributed by atoms with E-state index in [9.17, 15) is 9.90 Å². The third-order valence-electron chi connectivity index (χ3n) is 3.90. The molecule has 6 heteroatoms. The second-order valence-electron chi connectivity index (χ2n) is 5.29. The molecule has 1 aliphatic heterocycles. The quantitative estimate of drug-likeness (QED) is 0.862. The predicted molar refractivity (Wildman–Crippen MR) is 82.6 cm³/mol. The van der Waals surface area contributed by atoms with Gasteiger partial charge in [-0.1, -0.05) is 23.2 Å². The fourth-order valence-corrected chi connectivity index (χ4v) is 3.28. The Morgan fingerprint density at radius 2 is 1.90 bits per heavy atom. The Morgan fingerprint density at radius 3 is 2.38 bits per heavy atom. The molecule has 1 saturated heterocycles. The molecule has 1 atom stereocenters. The van der Waals surface area contributed by atoms with Crippen LogP contribution in [0.4, 0.5) is 0 Å². The van der Waals surface area contributed by atoms with E-state index in [1.165, 1.54) is 7.11 Å². The second kappa shape index (κ2) is 7.45. The number of piperidine rings is 1. The first-order chi connectivity index (χ1) is 10.0. The molecule has 1 aromatic rings. The van der Waals surface area contributed by atoms with Gasteiger partial charge in [0.05, 0.1) is 7.11 Å². The number of aliphatic hydroxyl groups excluding tert-OH is 1. The molecule has 0 spiro atoms. The molecule has 1 aliphatic rings. The summed E-state index contributed by atoms with van der Waals surface area (Å²) in [4.78, 5) is 14.2. The largest absolute Gasteiger partial charge is 0.468 e. The topological polar surface area (TPSA) is 49.8 Å². The fraction of sp³-hybridized carbons (Fsp3) is 0.533. The van der Waals surface area contributed by atoms with E-state index in [0.717, 1.165) is 31.5 Å². The van der Waals surface area contributed by atoms with Crippen LogP contribution < -0.4 is 0 Å².